The van der Waals surface area contributed by atoms with Crippen molar-refractivity contribution in [2.24, 2.45) is 0 Å². The number of likely N-dealkylation sites (tertiary alicyclic amines) is 1. The first-order chi connectivity index (χ1) is 15.1. The molecular weight excluding hydrogens is 428 g/mol. The monoisotopic (exact) mass is 464 g/mol. The lowest BCUT2D eigenvalue weighted by atomic mass is 10.2. The van der Waals surface area contributed by atoms with Crippen LogP contribution in [0.25, 0.3) is 0 Å². The van der Waals surface area contributed by atoms with Crippen molar-refractivity contribution in [3.63, 3.8) is 0 Å². The topological polar surface area (TPSA) is 82.2 Å². The van der Waals surface area contributed by atoms with Gasteiger partial charge < -0.3 is 19.9 Å². The molecule has 9 heteroatoms. The number of rotatable bonds is 4. The van der Waals surface area contributed by atoms with Gasteiger partial charge in [-0.2, -0.15) is 0 Å². The number of anilines is 1. The molecule has 32 heavy (non-hydrogen) atoms. The molecule has 1 N–H and O–H groups in total. The van der Waals surface area contributed by atoms with Gasteiger partial charge in [0.2, 0.25) is 5.91 Å². The Balaban J connectivity index is 1.57. The first-order valence-corrected chi connectivity index (χ1v) is 12.4. The number of hydrogen-bond donors (Lipinski definition) is 1. The number of carbonyl (C=O) groups excluding carboxylic acids is 3. The molecule has 0 aliphatic carbocycles. The van der Waals surface area contributed by atoms with Crippen molar-refractivity contribution in [3.05, 3.63) is 15.8 Å². The van der Waals surface area contributed by atoms with Gasteiger partial charge in [-0.05, 0) is 64.6 Å². The van der Waals surface area contributed by atoms with E-state index >= 15 is 0 Å². The predicted molar refractivity (Wildman–Crippen MR) is 126 cm³/mol. The van der Waals surface area contributed by atoms with Crippen LogP contribution in [0.3, 0.4) is 0 Å². The zero-order chi connectivity index (χ0) is 23.3. The van der Waals surface area contributed by atoms with Gasteiger partial charge in [0.1, 0.15) is 10.5 Å². The fraction of sp³-hybridized carbons (Fsp3) is 0.696. The molecule has 0 spiro atoms. The number of amides is 3. The fourth-order valence-electron chi connectivity index (χ4n) is 4.00. The van der Waals surface area contributed by atoms with Crippen LogP contribution in [-0.2, 0) is 9.53 Å². The number of hydrogen-bond acceptors (Lipinski definition) is 6. The van der Waals surface area contributed by atoms with E-state index in [1.54, 1.807) is 9.80 Å². The quantitative estimate of drug-likeness (QED) is 0.737. The summed E-state index contributed by atoms with van der Waals surface area (Å²) in [7, 11) is 0. The maximum Gasteiger partial charge on any atom is 0.410 e. The van der Waals surface area contributed by atoms with Crippen molar-refractivity contribution in [2.45, 2.75) is 59.0 Å². The molecule has 2 saturated heterocycles. The smallest absolute Gasteiger partial charge is 0.410 e. The van der Waals surface area contributed by atoms with Gasteiger partial charge in [-0.3, -0.25) is 14.5 Å². The van der Waals surface area contributed by atoms with Crippen molar-refractivity contribution in [2.75, 3.05) is 51.1 Å². The van der Waals surface area contributed by atoms with Gasteiger partial charge in [-0.25, -0.2) is 4.79 Å². The normalized spacial score (nSPS) is 18.2. The van der Waals surface area contributed by atoms with E-state index in [-0.39, 0.29) is 17.9 Å². The molecule has 2 aliphatic heterocycles. The Morgan fingerprint density at radius 1 is 0.969 bits per heavy atom. The molecule has 2 fully saturated rings. The number of ether oxygens (including phenoxy) is 1. The van der Waals surface area contributed by atoms with E-state index in [2.05, 4.69) is 10.2 Å². The molecule has 8 nitrogen and oxygen atoms in total. The molecule has 0 unspecified atom stereocenters. The van der Waals surface area contributed by atoms with Gasteiger partial charge in [0.25, 0.3) is 5.91 Å². The Labute approximate surface area is 194 Å². The van der Waals surface area contributed by atoms with Crippen molar-refractivity contribution < 1.29 is 19.1 Å². The molecule has 1 aromatic rings. The number of nitrogens with zero attached hydrogens (tertiary/aromatic N) is 3. The molecule has 3 amide bonds. The highest BCUT2D eigenvalue weighted by Crippen LogP contribution is 2.29. The van der Waals surface area contributed by atoms with Crippen molar-refractivity contribution in [1.29, 1.82) is 0 Å². The Bertz CT molecular complexity index is 816. The molecule has 0 bridgehead atoms. The summed E-state index contributed by atoms with van der Waals surface area (Å²) in [5.41, 5.74) is 0.975. The third kappa shape index (κ3) is 6.68. The van der Waals surface area contributed by atoms with Crippen LogP contribution >= 0.6 is 11.3 Å². The van der Waals surface area contributed by atoms with Crippen LogP contribution in [0.4, 0.5) is 10.5 Å². The van der Waals surface area contributed by atoms with E-state index in [1.165, 1.54) is 24.2 Å². The summed E-state index contributed by atoms with van der Waals surface area (Å²) in [5.74, 6) is -0.172. The van der Waals surface area contributed by atoms with Crippen LogP contribution in [0.2, 0.25) is 0 Å². The van der Waals surface area contributed by atoms with Gasteiger partial charge >= 0.3 is 6.09 Å². The number of carbonyl (C=O) groups is 3. The average Bonchev–Trinajstić information content (AvgIpc) is 2.91. The first kappa shape index (κ1) is 24.5. The number of piperazine rings is 1. The molecule has 0 radical (unpaired) electrons. The first-order valence-electron chi connectivity index (χ1n) is 11.5. The van der Waals surface area contributed by atoms with E-state index in [4.69, 9.17) is 4.74 Å². The maximum atomic E-state index is 13.2. The molecule has 0 atom stereocenters. The Kier molecular flexibility index (Phi) is 8.16. The highest BCUT2D eigenvalue weighted by molar-refractivity contribution is 7.13. The fourth-order valence-corrected chi connectivity index (χ4v) is 4.97. The summed E-state index contributed by atoms with van der Waals surface area (Å²) >= 11 is 1.36. The minimum Gasteiger partial charge on any atom is -0.444 e. The summed E-state index contributed by atoms with van der Waals surface area (Å²) in [4.78, 5) is 44.3. The molecule has 3 heterocycles. The molecule has 0 aromatic carbocycles. The minimum atomic E-state index is -0.543. The van der Waals surface area contributed by atoms with E-state index < -0.39 is 5.60 Å². The standard InChI is InChI=1S/C23H36N4O4S/c1-17-16-32-20(19(17)24-18(28)15-25-9-7-5-6-8-10-25)21(29)26-11-13-27(14-12-26)22(30)31-23(2,3)4/h16H,5-15H2,1-4H3,(H,24,28). The molecular formula is C23H36N4O4S. The second-order valence-corrected chi connectivity index (χ2v) is 10.5. The predicted octanol–water partition coefficient (Wildman–Crippen LogP) is 3.56. The number of thiophene rings is 1. The van der Waals surface area contributed by atoms with E-state index in [9.17, 15) is 14.4 Å². The van der Waals surface area contributed by atoms with Crippen LogP contribution in [0.5, 0.6) is 0 Å². The summed E-state index contributed by atoms with van der Waals surface area (Å²) in [6.07, 6.45) is 4.36. The highest BCUT2D eigenvalue weighted by atomic mass is 32.1. The zero-order valence-electron chi connectivity index (χ0n) is 19.7. The SMILES string of the molecule is Cc1csc(C(=O)N2CCN(C(=O)OC(C)(C)C)CC2)c1NC(=O)CN1CCCCCC1. The third-order valence-electron chi connectivity index (χ3n) is 5.72. The minimum absolute atomic E-state index is 0.0720. The van der Waals surface area contributed by atoms with Crippen molar-refractivity contribution >= 4 is 34.9 Å². The molecule has 0 saturated carbocycles. The summed E-state index contributed by atoms with van der Waals surface area (Å²) in [5, 5.41) is 4.91. The van der Waals surface area contributed by atoms with Crippen molar-refractivity contribution in [3.8, 4) is 0 Å². The zero-order valence-corrected chi connectivity index (χ0v) is 20.6. The Hall–Kier alpha value is -2.13. The van der Waals surface area contributed by atoms with Gasteiger partial charge in [0, 0.05) is 26.2 Å². The number of aryl methyl sites for hydroxylation is 1. The maximum absolute atomic E-state index is 13.2. The lowest BCUT2D eigenvalue weighted by Gasteiger charge is -2.35. The lowest BCUT2D eigenvalue weighted by molar-refractivity contribution is -0.117. The Morgan fingerprint density at radius 2 is 1.56 bits per heavy atom. The molecule has 3 rings (SSSR count). The van der Waals surface area contributed by atoms with Gasteiger partial charge in [0.05, 0.1) is 12.2 Å². The van der Waals surface area contributed by atoms with Crippen LogP contribution in [0, 0.1) is 6.92 Å². The summed E-state index contributed by atoms with van der Waals surface area (Å²) < 4.78 is 5.43. The largest absolute Gasteiger partial charge is 0.444 e. The molecule has 2 aliphatic rings. The number of nitrogens with one attached hydrogen (secondary N) is 1. The average molecular weight is 465 g/mol. The van der Waals surface area contributed by atoms with Gasteiger partial charge in [-0.1, -0.05) is 12.8 Å². The van der Waals surface area contributed by atoms with E-state index in [0.29, 0.717) is 43.3 Å². The van der Waals surface area contributed by atoms with Gasteiger partial charge in [-0.15, -0.1) is 11.3 Å². The van der Waals surface area contributed by atoms with Gasteiger partial charge in [0.15, 0.2) is 0 Å². The van der Waals surface area contributed by atoms with Crippen LogP contribution < -0.4 is 5.32 Å². The van der Waals surface area contributed by atoms with Crippen LogP contribution in [0.1, 0.15) is 61.7 Å². The van der Waals surface area contributed by atoms with Crippen LogP contribution in [0.15, 0.2) is 5.38 Å². The second-order valence-electron chi connectivity index (χ2n) is 9.62. The third-order valence-corrected chi connectivity index (χ3v) is 6.80. The summed E-state index contributed by atoms with van der Waals surface area (Å²) in [6.45, 7) is 11.4. The molecule has 1 aromatic heterocycles. The molecule has 178 valence electrons. The van der Waals surface area contributed by atoms with E-state index in [0.717, 1.165) is 31.5 Å². The van der Waals surface area contributed by atoms with Crippen LogP contribution in [-0.4, -0.2) is 84.0 Å². The van der Waals surface area contributed by atoms with Crippen molar-refractivity contribution in [1.82, 2.24) is 14.7 Å². The summed E-state index contributed by atoms with van der Waals surface area (Å²) in [6, 6.07) is 0. The second kappa shape index (κ2) is 10.7. The Morgan fingerprint density at radius 3 is 2.16 bits per heavy atom. The van der Waals surface area contributed by atoms with E-state index in [1.807, 2.05) is 33.1 Å². The highest BCUT2D eigenvalue weighted by Gasteiger charge is 2.30. The lowest BCUT2D eigenvalue weighted by Crippen LogP contribution is -2.51.